The zero-order valence-electron chi connectivity index (χ0n) is 19.4. The number of ether oxygens (including phenoxy) is 2. The first kappa shape index (κ1) is 22.7. The maximum absolute atomic E-state index is 9.84. The molecule has 3 aliphatic rings. The molecule has 1 aromatic carbocycles. The Kier molecular flexibility index (Phi) is 6.90. The lowest BCUT2D eigenvalue weighted by Crippen LogP contribution is -2.30. The molecule has 1 aliphatic carbocycles. The first-order valence-corrected chi connectivity index (χ1v) is 11.4. The lowest BCUT2D eigenvalue weighted by Gasteiger charge is -2.30. The van der Waals surface area contributed by atoms with E-state index in [-0.39, 0.29) is 17.9 Å². The van der Waals surface area contributed by atoms with Crippen LogP contribution in [0, 0.1) is 17.2 Å². The Labute approximate surface area is 194 Å². The van der Waals surface area contributed by atoms with Crippen LogP contribution in [0.3, 0.4) is 0 Å². The Morgan fingerprint density at radius 3 is 2.48 bits per heavy atom. The van der Waals surface area contributed by atoms with Crippen molar-refractivity contribution in [1.82, 2.24) is 14.8 Å². The Morgan fingerprint density at radius 2 is 1.97 bits per heavy atom. The second kappa shape index (κ2) is 10.0. The minimum absolute atomic E-state index is 0.107. The van der Waals surface area contributed by atoms with Crippen LogP contribution in [0.15, 0.2) is 64.7 Å². The number of benzene rings is 1. The molecule has 2 fully saturated rings. The van der Waals surface area contributed by atoms with E-state index in [1.165, 1.54) is 19.2 Å². The van der Waals surface area contributed by atoms with E-state index in [0.29, 0.717) is 17.9 Å². The maximum Gasteiger partial charge on any atom is 0.205 e. The summed E-state index contributed by atoms with van der Waals surface area (Å²) in [7, 11) is 1.75. The number of rotatable bonds is 4. The van der Waals surface area contributed by atoms with Crippen molar-refractivity contribution >= 4 is 5.71 Å². The third-order valence-corrected chi connectivity index (χ3v) is 6.13. The summed E-state index contributed by atoms with van der Waals surface area (Å²) in [5.41, 5.74) is 9.91. The van der Waals surface area contributed by atoms with Crippen molar-refractivity contribution in [3.8, 4) is 11.8 Å². The zero-order valence-corrected chi connectivity index (χ0v) is 19.4. The highest BCUT2D eigenvalue weighted by atomic mass is 16.5. The van der Waals surface area contributed by atoms with Gasteiger partial charge in [-0.2, -0.15) is 10.4 Å². The van der Waals surface area contributed by atoms with Crippen LogP contribution >= 0.6 is 0 Å². The molecule has 1 saturated heterocycles. The monoisotopic (exact) mass is 446 g/mol. The second-order valence-electron chi connectivity index (χ2n) is 8.62. The Hall–Kier alpha value is -3.44. The van der Waals surface area contributed by atoms with Gasteiger partial charge < -0.3 is 15.2 Å². The van der Waals surface area contributed by atoms with Gasteiger partial charge in [-0.05, 0) is 43.4 Å². The summed E-state index contributed by atoms with van der Waals surface area (Å²) in [5, 5.41) is 14.0. The minimum Gasteiger partial charge on any atom is -0.445 e. The van der Waals surface area contributed by atoms with Gasteiger partial charge in [0.05, 0.1) is 23.4 Å². The van der Waals surface area contributed by atoms with Crippen LogP contribution in [-0.2, 0) is 9.47 Å². The normalized spacial score (nSPS) is 23.0. The lowest BCUT2D eigenvalue weighted by atomic mass is 9.79. The maximum atomic E-state index is 9.84. The van der Waals surface area contributed by atoms with E-state index in [1.807, 2.05) is 31.2 Å². The summed E-state index contributed by atoms with van der Waals surface area (Å²) in [4.78, 5) is 8.51. The molecule has 2 atom stereocenters. The topological polar surface area (TPSA) is 111 Å². The summed E-state index contributed by atoms with van der Waals surface area (Å²) < 4.78 is 13.3. The van der Waals surface area contributed by atoms with Gasteiger partial charge in [0.1, 0.15) is 30.1 Å². The van der Waals surface area contributed by atoms with E-state index in [9.17, 15) is 5.26 Å². The molecule has 3 heterocycles. The average Bonchev–Trinajstić information content (AvgIpc) is 3.26. The number of aromatic nitrogens is 3. The van der Waals surface area contributed by atoms with Gasteiger partial charge in [0, 0.05) is 19.2 Å². The molecule has 172 valence electrons. The van der Waals surface area contributed by atoms with Crippen LogP contribution in [0.5, 0.6) is 0 Å². The van der Waals surface area contributed by atoms with Crippen molar-refractivity contribution in [2.75, 3.05) is 13.7 Å². The molecule has 2 unspecified atom stereocenters. The van der Waals surface area contributed by atoms with Gasteiger partial charge in [-0.25, -0.2) is 9.67 Å². The van der Waals surface area contributed by atoms with E-state index in [1.54, 1.807) is 18.1 Å². The molecular weight excluding hydrogens is 416 g/mol. The van der Waals surface area contributed by atoms with Crippen molar-refractivity contribution in [3.63, 3.8) is 0 Å². The number of nitriles is 1. The molecule has 2 aromatic rings. The van der Waals surface area contributed by atoms with Gasteiger partial charge in [-0.3, -0.25) is 4.99 Å². The number of aliphatic imine (C=N–C) groups is 1. The first-order chi connectivity index (χ1) is 16.0. The largest absolute Gasteiger partial charge is 0.445 e. The van der Waals surface area contributed by atoms with Crippen LogP contribution in [0.2, 0.25) is 0 Å². The predicted octanol–water partition coefficient (Wildman–Crippen LogP) is 4.02. The SMILES string of the molecule is CC1CC1.CN=C(C1=C(C)OC(N)=C(C#N)C1c1ccc(-n2cncn2)cc1)C1CCCO1. The lowest BCUT2D eigenvalue weighted by molar-refractivity contribution is 0.158. The van der Waals surface area contributed by atoms with Gasteiger partial charge in [0.2, 0.25) is 5.88 Å². The third-order valence-electron chi connectivity index (χ3n) is 6.13. The van der Waals surface area contributed by atoms with Gasteiger partial charge >= 0.3 is 0 Å². The van der Waals surface area contributed by atoms with Gasteiger partial charge in [0.25, 0.3) is 0 Å². The van der Waals surface area contributed by atoms with Gasteiger partial charge in [0.15, 0.2) is 0 Å². The fraction of sp³-hybridized carbons (Fsp3) is 0.440. The van der Waals surface area contributed by atoms with Crippen LogP contribution in [0.4, 0.5) is 0 Å². The summed E-state index contributed by atoms with van der Waals surface area (Å²) in [6.45, 7) is 4.84. The van der Waals surface area contributed by atoms with E-state index in [0.717, 1.165) is 41.3 Å². The van der Waals surface area contributed by atoms with E-state index in [2.05, 4.69) is 28.1 Å². The van der Waals surface area contributed by atoms with Crippen LogP contribution < -0.4 is 5.73 Å². The van der Waals surface area contributed by atoms with E-state index < -0.39 is 0 Å². The molecule has 0 amide bonds. The molecule has 33 heavy (non-hydrogen) atoms. The second-order valence-corrected chi connectivity index (χ2v) is 8.62. The molecule has 1 saturated carbocycles. The van der Waals surface area contributed by atoms with Crippen molar-refractivity contribution in [3.05, 3.63) is 65.3 Å². The van der Waals surface area contributed by atoms with Gasteiger partial charge in [-0.1, -0.05) is 31.9 Å². The Morgan fingerprint density at radius 1 is 1.24 bits per heavy atom. The fourth-order valence-electron chi connectivity index (χ4n) is 4.10. The van der Waals surface area contributed by atoms with Crippen molar-refractivity contribution in [1.29, 1.82) is 5.26 Å². The summed E-state index contributed by atoms with van der Waals surface area (Å²) >= 11 is 0. The fourth-order valence-corrected chi connectivity index (χ4v) is 4.10. The number of hydrogen-bond donors (Lipinski definition) is 1. The molecule has 8 heteroatoms. The molecule has 1 aromatic heterocycles. The number of hydrogen-bond acceptors (Lipinski definition) is 7. The summed E-state index contributed by atoms with van der Waals surface area (Å²) in [5.74, 6) is 1.48. The highest BCUT2D eigenvalue weighted by Gasteiger charge is 2.37. The molecule has 2 N–H and O–H groups in total. The molecule has 8 nitrogen and oxygen atoms in total. The quantitative estimate of drug-likeness (QED) is 0.710. The van der Waals surface area contributed by atoms with Gasteiger partial charge in [-0.15, -0.1) is 0 Å². The van der Waals surface area contributed by atoms with Crippen molar-refractivity contribution in [2.45, 2.75) is 51.6 Å². The summed E-state index contributed by atoms with van der Waals surface area (Å²) in [6, 6.07) is 10.0. The zero-order chi connectivity index (χ0) is 23.4. The molecular formula is C25H30N6O2. The summed E-state index contributed by atoms with van der Waals surface area (Å²) in [6.07, 6.45) is 7.86. The minimum atomic E-state index is -0.374. The molecule has 0 radical (unpaired) electrons. The van der Waals surface area contributed by atoms with E-state index >= 15 is 0 Å². The number of allylic oxidation sites excluding steroid dienone is 2. The number of nitrogens with two attached hydrogens (primary N) is 1. The van der Waals surface area contributed by atoms with Crippen LogP contribution in [0.1, 0.15) is 51.0 Å². The third kappa shape index (κ3) is 4.99. The van der Waals surface area contributed by atoms with E-state index in [4.69, 9.17) is 15.2 Å². The first-order valence-electron chi connectivity index (χ1n) is 11.4. The standard InChI is InChI=1S/C21H22N6O2.C4H8/c1-13-18(20(24-2)17-4-3-9-28-17)19(16(10-22)21(23)29-13)14-5-7-15(8-6-14)27-12-25-11-26-27;1-4-2-3-4/h5-8,11-12,17,19H,3-4,9,23H2,1-2H3;4H,2-3H2,1H3. The Balaban J connectivity index is 0.000000586. The Bertz CT molecular complexity index is 1100. The van der Waals surface area contributed by atoms with Crippen molar-refractivity contribution < 1.29 is 9.47 Å². The molecule has 0 spiro atoms. The average molecular weight is 447 g/mol. The highest BCUT2D eigenvalue weighted by Crippen LogP contribution is 2.41. The molecule has 0 bridgehead atoms. The highest BCUT2D eigenvalue weighted by molar-refractivity contribution is 6.06. The smallest absolute Gasteiger partial charge is 0.205 e. The van der Waals surface area contributed by atoms with Crippen LogP contribution in [0.25, 0.3) is 5.69 Å². The number of nitrogens with zero attached hydrogens (tertiary/aromatic N) is 5. The molecule has 2 aliphatic heterocycles. The predicted molar refractivity (Wildman–Crippen MR) is 125 cm³/mol. The van der Waals surface area contributed by atoms with Crippen LogP contribution in [-0.4, -0.2) is 40.2 Å². The van der Waals surface area contributed by atoms with Crippen molar-refractivity contribution in [2.24, 2.45) is 16.6 Å². The molecule has 5 rings (SSSR count).